The number of amides is 13. The fraction of sp³-hybridized carbons (Fsp3) is 0.588. The number of nitrogens with one attached hydrogen (secondary N) is 13. The summed E-state index contributed by atoms with van der Waals surface area (Å²) in [5.74, 6) is -11.3. The molecule has 0 unspecified atom stereocenters. The normalized spacial score (nSPS) is 14.0. The molecule has 39 N–H and O–H groups in total. The second-order valence-electron chi connectivity index (χ2n) is 31.5. The summed E-state index contributed by atoms with van der Waals surface area (Å²) >= 11 is 0. The fourth-order valence-electron chi connectivity index (χ4n) is 14.0. The number of H-pyrrole nitrogens is 1. The quantitative estimate of drug-likeness (QED) is 0.0114. The van der Waals surface area contributed by atoms with Gasteiger partial charge in [0.15, 0.2) is 11.9 Å². The van der Waals surface area contributed by atoms with Gasteiger partial charge in [0.25, 0.3) is 0 Å². The van der Waals surface area contributed by atoms with E-state index in [1.165, 1.54) is 55.5 Å². The largest absolute Gasteiger partial charge is 0.508 e. The van der Waals surface area contributed by atoms with Gasteiger partial charge < -0.3 is 148 Å². The number of nitrogens with two attached hydrogens (primary N) is 12. The maximum absolute atomic E-state index is 15.5. The van der Waals surface area contributed by atoms with Gasteiger partial charge in [0.2, 0.25) is 76.8 Å². The zero-order valence-electron chi connectivity index (χ0n) is 73.1. The summed E-state index contributed by atoms with van der Waals surface area (Å²) in [4.78, 5) is 200. The number of fused-ring (bicyclic) bond motifs is 1. The Morgan fingerprint density at radius 3 is 0.803 bits per heavy atom. The highest BCUT2D eigenvalue weighted by molar-refractivity contribution is 6.00. The van der Waals surface area contributed by atoms with E-state index in [1.807, 2.05) is 0 Å². The minimum absolute atomic E-state index is 0.00967. The van der Waals surface area contributed by atoms with Crippen LogP contribution in [0.3, 0.4) is 0 Å². The first-order valence-corrected chi connectivity index (χ1v) is 43.9. The molecule has 127 heavy (non-hydrogen) atoms. The number of carbonyl (C=O) groups excluding carboxylic acids is 13. The molecule has 0 bridgehead atoms. The van der Waals surface area contributed by atoms with Crippen molar-refractivity contribution in [1.29, 1.82) is 0 Å². The predicted molar refractivity (Wildman–Crippen MR) is 484 cm³/mol. The van der Waals surface area contributed by atoms with E-state index >= 15 is 28.8 Å². The molecule has 706 valence electrons. The number of unbranched alkanes of at least 4 members (excludes halogenated alkanes) is 7. The number of carbonyl (C=O) groups is 13. The number of rotatable bonds is 66. The number of benzene rings is 3. The molecular weight excluding hydrogens is 1640 g/mol. The number of para-hydroxylation sites is 1. The van der Waals surface area contributed by atoms with Crippen LogP contribution >= 0.6 is 0 Å². The van der Waals surface area contributed by atoms with Crippen molar-refractivity contribution >= 4 is 99.6 Å². The number of phenols is 2. The number of aliphatic imine (C=N–C) groups is 2. The Morgan fingerprint density at radius 2 is 0.535 bits per heavy atom. The van der Waals surface area contributed by atoms with E-state index in [9.17, 15) is 43.8 Å². The van der Waals surface area contributed by atoms with Crippen molar-refractivity contribution in [1.82, 2.24) is 68.8 Å². The Bertz CT molecular complexity index is 4130. The minimum Gasteiger partial charge on any atom is -0.508 e. The summed E-state index contributed by atoms with van der Waals surface area (Å²) in [6.07, 6.45) is 6.61. The van der Waals surface area contributed by atoms with E-state index in [2.05, 4.69) is 78.8 Å². The van der Waals surface area contributed by atoms with Gasteiger partial charge in [-0.25, -0.2) is 0 Å². The molecule has 0 saturated carbocycles. The molecule has 0 fully saturated rings. The second kappa shape index (κ2) is 60.7. The van der Waals surface area contributed by atoms with E-state index in [1.54, 1.807) is 30.5 Å². The van der Waals surface area contributed by atoms with Gasteiger partial charge in [-0.1, -0.05) is 42.5 Å². The molecule has 42 heteroatoms. The van der Waals surface area contributed by atoms with Gasteiger partial charge in [-0.2, -0.15) is 0 Å². The molecule has 0 saturated heterocycles. The predicted octanol–water partition coefficient (Wildman–Crippen LogP) is -4.06. The Balaban J connectivity index is 1.76. The average Bonchev–Trinajstić information content (AvgIpc) is 1.68. The van der Waals surface area contributed by atoms with Gasteiger partial charge in [0.1, 0.15) is 84.0 Å². The van der Waals surface area contributed by atoms with Crippen LogP contribution in [0.1, 0.15) is 184 Å². The number of phenolic OH excluding ortho intramolecular Hbond substituents is 2. The zero-order chi connectivity index (χ0) is 93.6. The van der Waals surface area contributed by atoms with Gasteiger partial charge >= 0.3 is 0 Å². The van der Waals surface area contributed by atoms with Gasteiger partial charge in [-0.3, -0.25) is 72.3 Å². The topological polar surface area (TPSA) is 759 Å². The molecule has 4 aromatic rings. The highest BCUT2D eigenvalue weighted by Crippen LogP contribution is 2.22. The van der Waals surface area contributed by atoms with Crippen LogP contribution in [0.5, 0.6) is 11.5 Å². The Labute approximate surface area is 741 Å². The molecule has 0 radical (unpaired) electrons. The highest BCUT2D eigenvalue weighted by Gasteiger charge is 2.38. The number of guanidine groups is 2. The molecule has 0 aliphatic carbocycles. The summed E-state index contributed by atoms with van der Waals surface area (Å²) < 4.78 is 0. The van der Waals surface area contributed by atoms with Crippen molar-refractivity contribution in [2.24, 2.45) is 78.8 Å². The summed E-state index contributed by atoms with van der Waals surface area (Å²) in [6.45, 7) is 2.96. The smallest absolute Gasteiger partial charge is 0.243 e. The van der Waals surface area contributed by atoms with Crippen molar-refractivity contribution < 1.29 is 72.5 Å². The van der Waals surface area contributed by atoms with E-state index < -0.39 is 149 Å². The van der Waals surface area contributed by atoms with Gasteiger partial charge in [0.05, 0.1) is 0 Å². The molecule has 0 aliphatic heterocycles. The van der Waals surface area contributed by atoms with Crippen molar-refractivity contribution in [3.63, 3.8) is 0 Å². The van der Waals surface area contributed by atoms with Crippen LogP contribution in [0.15, 0.2) is 89.0 Å². The number of aromatic nitrogens is 1. The van der Waals surface area contributed by atoms with E-state index in [4.69, 9.17) is 68.8 Å². The second-order valence-corrected chi connectivity index (χ2v) is 31.5. The number of aromatic hydroxyl groups is 2. The monoisotopic (exact) mass is 1780 g/mol. The summed E-state index contributed by atoms with van der Waals surface area (Å²) in [6, 6.07) is 1.98. The van der Waals surface area contributed by atoms with Gasteiger partial charge in [0, 0.05) is 56.4 Å². The molecule has 1 heterocycles. The standard InChI is InChI=1S/C85H141N27O15/c1-52(113)101-61(22-4-11-39-86)73(117)103-62(23-5-12-40-87)74(118)104-63(24-6-13-41-88)75(119)105-64(25-7-14-42-89)76(120)106-65(26-8-15-43-90)77(121)107-66(27-9-16-44-91)78(122)108-67(28-10-17-45-92)79(123)112-71(50-55-51-100-59-21-3-2-20-58(55)59)83(127)109-68(30-19-47-99-85(96)97)80(124)110-70(49-54-33-37-57(115)38-34-54)82(126)111-69(48-53-31-35-56(114)36-32-53)81(125)102-60(72(93)116)29-18-46-98-84(94)95/h2-3,20-21,31-38,51,60-71,100,114-115H,4-19,22-30,39-50,86-92H2,1H3,(H2,93,116)(H,101,113)(H,102,125)(H,103,117)(H,104,118)(H,105,119)(H,106,120)(H,107,121)(H,108,122)(H,109,127)(H,110,124)(H,111,126)(H,112,123)(H4,94,95,98)(H4,96,97,99)/t60-,61-,62-,63-,64-,65-,66-,67-,68-,69-,70-,71-/m1/s1. The lowest BCUT2D eigenvalue weighted by Gasteiger charge is -2.29. The third-order valence-corrected chi connectivity index (χ3v) is 21.1. The van der Waals surface area contributed by atoms with Crippen molar-refractivity contribution in [3.8, 4) is 11.5 Å². The van der Waals surface area contributed by atoms with Crippen LogP contribution < -0.4 is 133 Å². The summed E-state index contributed by atoms with van der Waals surface area (Å²) in [5.41, 5.74) is 71.5. The Hall–Kier alpha value is -11.8. The molecule has 1 aromatic heterocycles. The number of hydrogen-bond acceptors (Lipinski definition) is 24. The van der Waals surface area contributed by atoms with Crippen LogP contribution in [0.25, 0.3) is 10.9 Å². The molecule has 42 nitrogen and oxygen atoms in total. The number of hydrogen-bond donors (Lipinski definition) is 27. The maximum Gasteiger partial charge on any atom is 0.243 e. The first-order chi connectivity index (χ1) is 60.9. The van der Waals surface area contributed by atoms with Crippen molar-refractivity contribution in [2.45, 2.75) is 259 Å². The first kappa shape index (κ1) is 108. The third-order valence-electron chi connectivity index (χ3n) is 21.1. The van der Waals surface area contributed by atoms with E-state index in [0.29, 0.717) is 111 Å². The molecule has 0 aliphatic rings. The molecule has 12 atom stereocenters. The number of primary amides is 1. The first-order valence-electron chi connectivity index (χ1n) is 43.9. The van der Waals surface area contributed by atoms with Crippen LogP contribution in [0.2, 0.25) is 0 Å². The fourth-order valence-corrected chi connectivity index (χ4v) is 14.0. The van der Waals surface area contributed by atoms with Crippen LogP contribution in [0, 0.1) is 0 Å². The molecule has 0 spiro atoms. The van der Waals surface area contributed by atoms with Gasteiger partial charge in [-0.05, 0) is 253 Å². The number of aromatic amines is 1. The lowest BCUT2D eigenvalue weighted by molar-refractivity contribution is -0.136. The highest BCUT2D eigenvalue weighted by atomic mass is 16.3. The summed E-state index contributed by atoms with van der Waals surface area (Å²) in [7, 11) is 0. The zero-order valence-corrected chi connectivity index (χ0v) is 73.1. The number of nitrogens with zero attached hydrogens (tertiary/aromatic N) is 2. The Kier molecular flexibility index (Phi) is 51.4. The lowest BCUT2D eigenvalue weighted by atomic mass is 10.0. The van der Waals surface area contributed by atoms with Crippen molar-refractivity contribution in [2.75, 3.05) is 58.9 Å². The minimum atomic E-state index is -1.58. The lowest BCUT2D eigenvalue weighted by Crippen LogP contribution is -2.61. The third kappa shape index (κ3) is 41.9. The molecule has 3 aromatic carbocycles. The molecule has 13 amide bonds. The molecular formula is C85H141N27O15. The summed E-state index contributed by atoms with van der Waals surface area (Å²) in [5, 5.41) is 54.2. The van der Waals surface area contributed by atoms with E-state index in [0.717, 1.165) is 0 Å². The Morgan fingerprint density at radius 1 is 0.299 bits per heavy atom. The van der Waals surface area contributed by atoms with Gasteiger partial charge in [-0.15, -0.1) is 0 Å². The van der Waals surface area contributed by atoms with Crippen molar-refractivity contribution in [3.05, 3.63) is 95.7 Å². The van der Waals surface area contributed by atoms with E-state index in [-0.39, 0.29) is 179 Å². The maximum atomic E-state index is 15.5. The average molecular weight is 1780 g/mol. The van der Waals surface area contributed by atoms with Crippen LogP contribution in [-0.2, 0) is 81.6 Å². The molecule has 4 rings (SSSR count). The SMILES string of the molecule is CC(=O)N[C@H](CCCCN)C(=O)N[C@H](CCCCN)C(=O)N[C@H](CCCCN)C(=O)N[C@H](CCCCN)C(=O)N[C@H](CCCCN)C(=O)N[C@H](CCCCN)C(=O)N[C@H](CCCCN)C(=O)N[C@H](Cc1c[nH]c2ccccc12)C(=O)N[C@H](CCCN=C(N)N)C(=O)N[C@H](Cc1ccc(O)cc1)C(=O)N[C@H](Cc1ccc(O)cc1)C(=O)N[C@H](CCCN=C(N)N)C(N)=O. The van der Waals surface area contributed by atoms with Crippen LogP contribution in [0.4, 0.5) is 0 Å². The van der Waals surface area contributed by atoms with Crippen LogP contribution in [-0.4, -0.2) is 235 Å².